The van der Waals surface area contributed by atoms with Gasteiger partial charge in [0.1, 0.15) is 0 Å². The first-order valence-electron chi connectivity index (χ1n) is 9.35. The fourth-order valence-electron chi connectivity index (χ4n) is 2.91. The van der Waals surface area contributed by atoms with Gasteiger partial charge >= 0.3 is 0 Å². The standard InChI is InChI=1S/C18H37NO2/c1-3-5-6-7-8-9-10-11-12-13-14-15-17-18(16-4-2)19(20)21/h18H,3-17H2,1-2H3. The van der Waals surface area contributed by atoms with Crippen molar-refractivity contribution in [1.29, 1.82) is 0 Å². The third-order valence-electron chi connectivity index (χ3n) is 4.31. The molecule has 0 aliphatic heterocycles. The van der Waals surface area contributed by atoms with Gasteiger partial charge in [-0.3, -0.25) is 10.1 Å². The molecule has 0 aromatic carbocycles. The number of unbranched alkanes of at least 4 members (excludes halogenated alkanes) is 11. The molecule has 0 aromatic heterocycles. The monoisotopic (exact) mass is 299 g/mol. The van der Waals surface area contributed by atoms with Gasteiger partial charge in [0.2, 0.25) is 6.04 Å². The van der Waals surface area contributed by atoms with Gasteiger partial charge in [-0.1, -0.05) is 84.5 Å². The zero-order valence-corrected chi connectivity index (χ0v) is 14.4. The van der Waals surface area contributed by atoms with Gasteiger partial charge < -0.3 is 0 Å². The van der Waals surface area contributed by atoms with Crippen LogP contribution in [0.3, 0.4) is 0 Å². The van der Waals surface area contributed by atoms with Crippen molar-refractivity contribution in [3.05, 3.63) is 10.1 Å². The Hall–Kier alpha value is -0.600. The molecule has 0 rings (SSSR count). The van der Waals surface area contributed by atoms with Gasteiger partial charge in [0, 0.05) is 17.8 Å². The topological polar surface area (TPSA) is 43.1 Å². The van der Waals surface area contributed by atoms with Crippen molar-refractivity contribution >= 4 is 0 Å². The van der Waals surface area contributed by atoms with Crippen LogP contribution in [0.4, 0.5) is 0 Å². The molecule has 3 heteroatoms. The zero-order chi connectivity index (χ0) is 15.8. The second-order valence-corrected chi connectivity index (χ2v) is 6.41. The molecule has 0 heterocycles. The molecule has 126 valence electrons. The molecule has 1 unspecified atom stereocenters. The number of hydrogen-bond donors (Lipinski definition) is 0. The lowest BCUT2D eigenvalue weighted by Gasteiger charge is -2.08. The predicted octanol–water partition coefficient (Wildman–Crippen LogP) is 6.52. The number of rotatable bonds is 16. The van der Waals surface area contributed by atoms with E-state index in [0.717, 1.165) is 25.7 Å². The van der Waals surface area contributed by atoms with E-state index in [1.54, 1.807) is 0 Å². The molecule has 0 N–H and O–H groups in total. The highest BCUT2D eigenvalue weighted by atomic mass is 16.6. The van der Waals surface area contributed by atoms with Crippen LogP contribution in [0.5, 0.6) is 0 Å². The maximum atomic E-state index is 10.8. The summed E-state index contributed by atoms with van der Waals surface area (Å²) in [6.45, 7) is 4.29. The quantitative estimate of drug-likeness (QED) is 0.185. The molecule has 0 aromatic rings. The molecule has 0 saturated carbocycles. The summed E-state index contributed by atoms with van der Waals surface area (Å²) in [5.41, 5.74) is 0. The minimum atomic E-state index is -0.293. The van der Waals surface area contributed by atoms with E-state index in [1.165, 1.54) is 70.6 Å². The molecule has 0 aliphatic rings. The summed E-state index contributed by atoms with van der Waals surface area (Å²) in [6, 6.07) is -0.293. The first-order chi connectivity index (χ1) is 10.2. The Morgan fingerprint density at radius 3 is 1.48 bits per heavy atom. The van der Waals surface area contributed by atoms with E-state index in [1.807, 2.05) is 6.92 Å². The van der Waals surface area contributed by atoms with Crippen molar-refractivity contribution < 1.29 is 4.92 Å². The minimum absolute atomic E-state index is 0.0813. The van der Waals surface area contributed by atoms with Gasteiger partial charge in [-0.15, -0.1) is 0 Å². The van der Waals surface area contributed by atoms with Crippen LogP contribution in [-0.4, -0.2) is 11.0 Å². The molecule has 0 aliphatic carbocycles. The Bertz CT molecular complexity index is 231. The maximum Gasteiger partial charge on any atom is 0.213 e. The van der Waals surface area contributed by atoms with Crippen LogP contribution in [0.2, 0.25) is 0 Å². The Morgan fingerprint density at radius 1 is 0.667 bits per heavy atom. The largest absolute Gasteiger partial charge is 0.264 e. The van der Waals surface area contributed by atoms with Crippen LogP contribution < -0.4 is 0 Å². The smallest absolute Gasteiger partial charge is 0.213 e. The fourth-order valence-corrected chi connectivity index (χ4v) is 2.91. The Kier molecular flexibility index (Phi) is 15.3. The second kappa shape index (κ2) is 15.8. The van der Waals surface area contributed by atoms with Crippen LogP contribution in [0.25, 0.3) is 0 Å². The molecule has 0 radical (unpaired) electrons. The summed E-state index contributed by atoms with van der Waals surface area (Å²) in [6.07, 6.45) is 18.3. The van der Waals surface area contributed by atoms with Crippen molar-refractivity contribution in [3.8, 4) is 0 Å². The van der Waals surface area contributed by atoms with E-state index < -0.39 is 0 Å². The SMILES string of the molecule is CCCCCCCCCCCCCCC(CCC)[N+](=O)[O-]. The van der Waals surface area contributed by atoms with Gasteiger partial charge in [0.25, 0.3) is 0 Å². The predicted molar refractivity (Wildman–Crippen MR) is 91.4 cm³/mol. The fraction of sp³-hybridized carbons (Fsp3) is 1.00. The third-order valence-corrected chi connectivity index (χ3v) is 4.31. The highest BCUT2D eigenvalue weighted by molar-refractivity contribution is 4.57. The van der Waals surface area contributed by atoms with Gasteiger partial charge in [0.05, 0.1) is 0 Å². The Labute approximate surface area is 132 Å². The normalized spacial score (nSPS) is 12.5. The Morgan fingerprint density at radius 2 is 1.10 bits per heavy atom. The van der Waals surface area contributed by atoms with Crippen LogP contribution in [0.15, 0.2) is 0 Å². The first kappa shape index (κ1) is 20.4. The van der Waals surface area contributed by atoms with Gasteiger partial charge in [-0.25, -0.2) is 0 Å². The summed E-state index contributed by atoms with van der Waals surface area (Å²) in [5.74, 6) is 0. The number of hydrogen-bond acceptors (Lipinski definition) is 2. The highest BCUT2D eigenvalue weighted by Crippen LogP contribution is 2.15. The number of nitrogens with zero attached hydrogens (tertiary/aromatic N) is 1. The molecule has 0 fully saturated rings. The van der Waals surface area contributed by atoms with E-state index >= 15 is 0 Å². The molecule has 0 amide bonds. The second-order valence-electron chi connectivity index (χ2n) is 6.41. The summed E-state index contributed by atoms with van der Waals surface area (Å²) in [5, 5.41) is 10.8. The average Bonchev–Trinajstić information content (AvgIpc) is 2.47. The summed E-state index contributed by atoms with van der Waals surface area (Å²) in [7, 11) is 0. The molecule has 0 spiro atoms. The maximum absolute atomic E-state index is 10.8. The van der Waals surface area contributed by atoms with E-state index in [0.29, 0.717) is 0 Å². The zero-order valence-electron chi connectivity index (χ0n) is 14.4. The van der Waals surface area contributed by atoms with Crippen LogP contribution in [0, 0.1) is 10.1 Å². The van der Waals surface area contributed by atoms with Crippen molar-refractivity contribution in [1.82, 2.24) is 0 Å². The summed E-state index contributed by atoms with van der Waals surface area (Å²) < 4.78 is 0. The lowest BCUT2D eigenvalue weighted by Crippen LogP contribution is -2.18. The molecule has 21 heavy (non-hydrogen) atoms. The summed E-state index contributed by atoms with van der Waals surface area (Å²) >= 11 is 0. The van der Waals surface area contributed by atoms with E-state index in [4.69, 9.17) is 0 Å². The van der Waals surface area contributed by atoms with Crippen molar-refractivity contribution in [2.24, 2.45) is 0 Å². The lowest BCUT2D eigenvalue weighted by atomic mass is 10.0. The van der Waals surface area contributed by atoms with Crippen molar-refractivity contribution in [3.63, 3.8) is 0 Å². The lowest BCUT2D eigenvalue weighted by molar-refractivity contribution is -0.524. The van der Waals surface area contributed by atoms with E-state index in [-0.39, 0.29) is 11.0 Å². The molecule has 3 nitrogen and oxygen atoms in total. The first-order valence-corrected chi connectivity index (χ1v) is 9.35. The number of nitro groups is 1. The van der Waals surface area contributed by atoms with Crippen molar-refractivity contribution in [2.45, 2.75) is 116 Å². The van der Waals surface area contributed by atoms with Crippen LogP contribution in [0.1, 0.15) is 110 Å². The average molecular weight is 299 g/mol. The van der Waals surface area contributed by atoms with Crippen molar-refractivity contribution in [2.75, 3.05) is 0 Å². The molecular formula is C18H37NO2. The third kappa shape index (κ3) is 14.1. The molecule has 1 atom stereocenters. The minimum Gasteiger partial charge on any atom is -0.264 e. The van der Waals surface area contributed by atoms with E-state index in [9.17, 15) is 10.1 Å². The van der Waals surface area contributed by atoms with Gasteiger partial charge in [-0.2, -0.15) is 0 Å². The molecule has 0 bridgehead atoms. The van der Waals surface area contributed by atoms with Gasteiger partial charge in [0.15, 0.2) is 0 Å². The highest BCUT2D eigenvalue weighted by Gasteiger charge is 2.17. The van der Waals surface area contributed by atoms with Crippen LogP contribution in [-0.2, 0) is 0 Å². The van der Waals surface area contributed by atoms with E-state index in [2.05, 4.69) is 6.92 Å². The Balaban J connectivity index is 3.23. The summed E-state index contributed by atoms with van der Waals surface area (Å²) in [4.78, 5) is 10.7. The molecule has 0 saturated heterocycles. The van der Waals surface area contributed by atoms with Crippen LogP contribution >= 0.6 is 0 Å². The van der Waals surface area contributed by atoms with Gasteiger partial charge in [-0.05, 0) is 12.8 Å². The molecular weight excluding hydrogens is 262 g/mol.